The molecule has 2 unspecified atom stereocenters. The quantitative estimate of drug-likeness (QED) is 0.547. The Bertz CT molecular complexity index is 1040. The van der Waals surface area contributed by atoms with Crippen molar-refractivity contribution in [2.75, 3.05) is 10.2 Å². The summed E-state index contributed by atoms with van der Waals surface area (Å²) in [5, 5.41) is 15.1. The minimum atomic E-state index is -1.13. The van der Waals surface area contributed by atoms with Crippen LogP contribution < -0.4 is 16.0 Å². The number of hydrogen-bond acceptors (Lipinski definition) is 7. The molecule has 0 bridgehead atoms. The minimum absolute atomic E-state index is 0.0183. The van der Waals surface area contributed by atoms with Crippen molar-refractivity contribution in [2.45, 2.75) is 12.2 Å². The second-order valence-electron chi connectivity index (χ2n) is 6.05. The third kappa shape index (κ3) is 3.04. The van der Waals surface area contributed by atoms with Gasteiger partial charge in [-0.05, 0) is 23.6 Å². The number of primary amides is 1. The van der Waals surface area contributed by atoms with Gasteiger partial charge in [-0.1, -0.05) is 23.7 Å². The van der Waals surface area contributed by atoms with Gasteiger partial charge >= 0.3 is 5.97 Å². The first kappa shape index (κ1) is 18.2. The van der Waals surface area contributed by atoms with Gasteiger partial charge in [-0.2, -0.15) is 0 Å². The van der Waals surface area contributed by atoms with Gasteiger partial charge in [0.25, 0.3) is 0 Å². The van der Waals surface area contributed by atoms with E-state index in [9.17, 15) is 14.7 Å². The van der Waals surface area contributed by atoms with E-state index in [1.807, 2.05) is 17.5 Å². The molecule has 4 heterocycles. The van der Waals surface area contributed by atoms with Crippen LogP contribution in [0.25, 0.3) is 0 Å². The Balaban J connectivity index is 1.93. The van der Waals surface area contributed by atoms with Crippen molar-refractivity contribution in [1.82, 2.24) is 9.97 Å². The van der Waals surface area contributed by atoms with Crippen LogP contribution in [0, 0.1) is 0 Å². The number of nitrogens with one attached hydrogen (secondary N) is 1. The van der Waals surface area contributed by atoms with Crippen molar-refractivity contribution in [3.8, 4) is 0 Å². The van der Waals surface area contributed by atoms with Crippen LogP contribution in [0.4, 0.5) is 11.5 Å². The molecule has 0 fully saturated rings. The molecule has 4 N–H and O–H groups in total. The fraction of sp³-hybridized carbons (Fsp3) is 0.111. The summed E-state index contributed by atoms with van der Waals surface area (Å²) in [6.45, 7) is 0. The lowest BCUT2D eigenvalue weighted by molar-refractivity contribution is -0.119. The van der Waals surface area contributed by atoms with Gasteiger partial charge in [-0.15, -0.1) is 11.3 Å². The monoisotopic (exact) mass is 415 g/mol. The number of carbonyl (C=O) groups is 2. The molecule has 0 aliphatic carbocycles. The molecule has 1 aliphatic rings. The number of aromatic nitrogens is 2. The van der Waals surface area contributed by atoms with E-state index in [1.54, 1.807) is 17.0 Å². The van der Waals surface area contributed by atoms with Gasteiger partial charge in [0.2, 0.25) is 5.91 Å². The SMILES string of the molecule is NC(=O)C(c1ccc(Cl)nc1)N1c2c(C(=O)O)ccnc2NC1c1cccs1. The summed E-state index contributed by atoms with van der Waals surface area (Å²) < 4.78 is 0. The summed E-state index contributed by atoms with van der Waals surface area (Å²) in [6, 6.07) is 7.37. The van der Waals surface area contributed by atoms with Gasteiger partial charge in [0.1, 0.15) is 17.4 Å². The highest BCUT2D eigenvalue weighted by atomic mass is 35.5. The van der Waals surface area contributed by atoms with Gasteiger partial charge in [0.05, 0.1) is 11.3 Å². The number of hydrogen-bond donors (Lipinski definition) is 3. The molecule has 142 valence electrons. The zero-order valence-electron chi connectivity index (χ0n) is 14.2. The number of thiophene rings is 1. The van der Waals surface area contributed by atoms with Crippen LogP contribution in [-0.2, 0) is 4.79 Å². The maximum atomic E-state index is 12.5. The molecule has 3 aromatic rings. The first-order valence-corrected chi connectivity index (χ1v) is 9.44. The molecule has 8 nitrogen and oxygen atoms in total. The highest BCUT2D eigenvalue weighted by Gasteiger charge is 2.42. The molecule has 0 aromatic carbocycles. The number of rotatable bonds is 5. The van der Waals surface area contributed by atoms with E-state index in [-0.39, 0.29) is 10.7 Å². The Kier molecular flexibility index (Phi) is 4.62. The number of carboxylic acid groups (broad SMARTS) is 1. The molecule has 3 aromatic heterocycles. The molecule has 4 rings (SSSR count). The van der Waals surface area contributed by atoms with Crippen molar-refractivity contribution >= 4 is 46.3 Å². The minimum Gasteiger partial charge on any atom is -0.478 e. The van der Waals surface area contributed by atoms with E-state index >= 15 is 0 Å². The Hall–Kier alpha value is -3.17. The summed E-state index contributed by atoms with van der Waals surface area (Å²) in [4.78, 5) is 35.2. The second-order valence-corrected chi connectivity index (χ2v) is 7.42. The second kappa shape index (κ2) is 7.10. The van der Waals surface area contributed by atoms with Crippen molar-refractivity contribution in [3.05, 3.63) is 69.3 Å². The average molecular weight is 416 g/mol. The lowest BCUT2D eigenvalue weighted by Gasteiger charge is -2.33. The third-order valence-corrected chi connectivity index (χ3v) is 5.54. The zero-order chi connectivity index (χ0) is 19.8. The van der Waals surface area contributed by atoms with E-state index < -0.39 is 24.1 Å². The molecule has 0 saturated heterocycles. The van der Waals surface area contributed by atoms with E-state index in [1.165, 1.54) is 29.8 Å². The van der Waals surface area contributed by atoms with Crippen molar-refractivity contribution in [3.63, 3.8) is 0 Å². The highest BCUT2D eigenvalue weighted by Crippen LogP contribution is 2.47. The first-order valence-electron chi connectivity index (χ1n) is 8.18. The predicted octanol–water partition coefficient (Wildman–Crippen LogP) is 3.05. The van der Waals surface area contributed by atoms with Gasteiger partial charge in [-0.25, -0.2) is 14.8 Å². The number of aromatic carboxylic acids is 1. The van der Waals surface area contributed by atoms with Crippen LogP contribution >= 0.6 is 22.9 Å². The van der Waals surface area contributed by atoms with Crippen LogP contribution in [0.3, 0.4) is 0 Å². The first-order chi connectivity index (χ1) is 13.5. The Morgan fingerprint density at radius 3 is 2.71 bits per heavy atom. The third-order valence-electron chi connectivity index (χ3n) is 4.39. The maximum absolute atomic E-state index is 12.5. The van der Waals surface area contributed by atoms with E-state index in [0.29, 0.717) is 17.1 Å². The van der Waals surface area contributed by atoms with Crippen molar-refractivity contribution in [1.29, 1.82) is 0 Å². The summed E-state index contributed by atoms with van der Waals surface area (Å²) in [5.74, 6) is -1.42. The number of anilines is 2. The van der Waals surface area contributed by atoms with Crippen LogP contribution in [0.5, 0.6) is 0 Å². The summed E-state index contributed by atoms with van der Waals surface area (Å²) in [5.41, 5.74) is 6.56. The number of halogens is 1. The van der Waals surface area contributed by atoms with Gasteiger partial charge in [0, 0.05) is 22.8 Å². The van der Waals surface area contributed by atoms with E-state index in [4.69, 9.17) is 17.3 Å². The zero-order valence-corrected chi connectivity index (χ0v) is 15.8. The lowest BCUT2D eigenvalue weighted by Crippen LogP contribution is -2.40. The van der Waals surface area contributed by atoms with E-state index in [2.05, 4.69) is 15.3 Å². The number of nitrogens with two attached hydrogens (primary N) is 1. The van der Waals surface area contributed by atoms with Crippen LogP contribution in [0.1, 0.15) is 33.0 Å². The molecular weight excluding hydrogens is 402 g/mol. The topological polar surface area (TPSA) is 121 Å². The molecular formula is C18H14ClN5O3S. The Morgan fingerprint density at radius 2 is 2.11 bits per heavy atom. The predicted molar refractivity (Wildman–Crippen MR) is 106 cm³/mol. The molecule has 10 heteroatoms. The van der Waals surface area contributed by atoms with Crippen LogP contribution in [-0.4, -0.2) is 27.0 Å². The standard InChI is InChI=1S/C18H14ClN5O3S/c19-12-4-3-9(8-22-12)13(15(20)25)24-14-10(18(26)27)5-6-21-16(14)23-17(24)11-2-1-7-28-11/h1-8,13,17H,(H2,20,25)(H,21,23)(H,26,27). The number of fused-ring (bicyclic) bond motifs is 1. The molecule has 1 amide bonds. The molecule has 28 heavy (non-hydrogen) atoms. The van der Waals surface area contributed by atoms with Gasteiger partial charge < -0.3 is 21.1 Å². The number of carbonyl (C=O) groups excluding carboxylic acids is 1. The molecule has 0 radical (unpaired) electrons. The molecule has 0 spiro atoms. The van der Waals surface area contributed by atoms with Crippen molar-refractivity contribution < 1.29 is 14.7 Å². The number of amides is 1. The Morgan fingerprint density at radius 1 is 1.29 bits per heavy atom. The number of carboxylic acids is 1. The van der Waals surface area contributed by atoms with E-state index in [0.717, 1.165) is 4.88 Å². The number of pyridine rings is 2. The van der Waals surface area contributed by atoms with Gasteiger partial charge in [-0.3, -0.25) is 4.79 Å². The average Bonchev–Trinajstić information content (AvgIpc) is 3.31. The fourth-order valence-electron chi connectivity index (χ4n) is 3.27. The fourth-order valence-corrected chi connectivity index (χ4v) is 4.15. The summed E-state index contributed by atoms with van der Waals surface area (Å²) in [6.07, 6.45) is 2.35. The smallest absolute Gasteiger partial charge is 0.338 e. The van der Waals surface area contributed by atoms with Crippen LogP contribution in [0.15, 0.2) is 48.1 Å². The number of nitrogens with zero attached hydrogens (tertiary/aromatic N) is 3. The molecule has 2 atom stereocenters. The Labute approximate surface area is 168 Å². The highest BCUT2D eigenvalue weighted by molar-refractivity contribution is 7.10. The molecule has 0 saturated carbocycles. The normalized spacial score (nSPS) is 16.3. The van der Waals surface area contributed by atoms with Crippen LogP contribution in [0.2, 0.25) is 5.15 Å². The molecule has 1 aliphatic heterocycles. The van der Waals surface area contributed by atoms with Gasteiger partial charge in [0.15, 0.2) is 5.82 Å². The summed E-state index contributed by atoms with van der Waals surface area (Å²) >= 11 is 7.34. The largest absolute Gasteiger partial charge is 0.478 e. The maximum Gasteiger partial charge on any atom is 0.338 e. The summed E-state index contributed by atoms with van der Waals surface area (Å²) in [7, 11) is 0. The van der Waals surface area contributed by atoms with Crippen molar-refractivity contribution in [2.24, 2.45) is 5.73 Å². The lowest BCUT2D eigenvalue weighted by atomic mass is 10.0.